The van der Waals surface area contributed by atoms with Crippen molar-refractivity contribution >= 4 is 23.5 Å². The smallest absolute Gasteiger partial charge is 0.325 e. The average Bonchev–Trinajstić information content (AvgIpc) is 3.38. The van der Waals surface area contributed by atoms with Gasteiger partial charge >= 0.3 is 6.01 Å². The Morgan fingerprint density at radius 1 is 1.03 bits per heavy atom. The standard InChI is InChI=1S/C27H32N6O/c1-18-12-20-6-7-23(14-21(20)13-18)34-27-30-25(16-26(31-27)33-10-8-32(2)9-11-33)29-24-15-22(17-28-24)19-4-3-5-19/h6-7,13-16,19H,3-5,8-12,17H2,1-2H3,(H,28,29,30,31). The second-order valence-corrected chi connectivity index (χ2v) is 9.99. The van der Waals surface area contributed by atoms with Gasteiger partial charge in [-0.25, -0.2) is 0 Å². The molecule has 176 valence electrons. The third kappa shape index (κ3) is 4.44. The Kier molecular flexibility index (Phi) is 5.57. The molecule has 2 aliphatic carbocycles. The largest absolute Gasteiger partial charge is 0.424 e. The van der Waals surface area contributed by atoms with Crippen LogP contribution in [0.2, 0.25) is 0 Å². The number of hydrogen-bond donors (Lipinski definition) is 1. The molecule has 1 aromatic heterocycles. The topological polar surface area (TPSA) is 65.9 Å². The van der Waals surface area contributed by atoms with Gasteiger partial charge in [0.25, 0.3) is 0 Å². The highest BCUT2D eigenvalue weighted by atomic mass is 16.5. The minimum Gasteiger partial charge on any atom is -0.424 e. The van der Waals surface area contributed by atoms with Crippen LogP contribution in [-0.4, -0.2) is 60.5 Å². The summed E-state index contributed by atoms with van der Waals surface area (Å²) in [4.78, 5) is 18.9. The van der Waals surface area contributed by atoms with Gasteiger partial charge in [-0.15, -0.1) is 0 Å². The number of nitrogens with zero attached hydrogens (tertiary/aromatic N) is 5. The Bertz CT molecular complexity index is 1190. The van der Waals surface area contributed by atoms with E-state index in [0.29, 0.717) is 11.9 Å². The van der Waals surface area contributed by atoms with Gasteiger partial charge in [0, 0.05) is 32.2 Å². The van der Waals surface area contributed by atoms with Crippen LogP contribution in [0.1, 0.15) is 37.3 Å². The maximum Gasteiger partial charge on any atom is 0.325 e. The first kappa shape index (κ1) is 21.4. The summed E-state index contributed by atoms with van der Waals surface area (Å²) in [5, 5.41) is 3.43. The number of ether oxygens (including phenoxy) is 1. The zero-order valence-corrected chi connectivity index (χ0v) is 20.0. The van der Waals surface area contributed by atoms with Crippen molar-refractivity contribution in [3.05, 3.63) is 52.6 Å². The van der Waals surface area contributed by atoms with E-state index in [1.807, 2.05) is 12.1 Å². The van der Waals surface area contributed by atoms with Crippen LogP contribution >= 0.6 is 0 Å². The fourth-order valence-electron chi connectivity index (χ4n) is 5.05. The minimum atomic E-state index is 0.361. The lowest BCUT2D eigenvalue weighted by atomic mass is 9.80. The quantitative estimate of drug-likeness (QED) is 0.713. The van der Waals surface area contributed by atoms with Gasteiger partial charge in [0.15, 0.2) is 0 Å². The number of nitrogens with one attached hydrogen (secondary N) is 1. The highest BCUT2D eigenvalue weighted by Gasteiger charge is 2.25. The molecule has 34 heavy (non-hydrogen) atoms. The first-order chi connectivity index (χ1) is 16.6. The number of amidine groups is 1. The number of hydrogen-bond acceptors (Lipinski definition) is 7. The molecule has 7 nitrogen and oxygen atoms in total. The van der Waals surface area contributed by atoms with Crippen LogP contribution in [0.3, 0.4) is 0 Å². The summed E-state index contributed by atoms with van der Waals surface area (Å²) in [6.45, 7) is 6.86. The number of anilines is 2. The number of likely N-dealkylation sites (N-methyl/N-ethyl adjacent to an activating group) is 1. The minimum absolute atomic E-state index is 0.361. The predicted molar refractivity (Wildman–Crippen MR) is 137 cm³/mol. The number of aliphatic imine (C=N–C) groups is 1. The van der Waals surface area contributed by atoms with Crippen molar-refractivity contribution in [1.29, 1.82) is 0 Å². The molecule has 3 heterocycles. The lowest BCUT2D eigenvalue weighted by molar-refractivity contribution is 0.311. The summed E-state index contributed by atoms with van der Waals surface area (Å²) in [6.07, 6.45) is 9.37. The second kappa shape index (κ2) is 8.87. The van der Waals surface area contributed by atoms with E-state index in [9.17, 15) is 0 Å². The van der Waals surface area contributed by atoms with E-state index < -0.39 is 0 Å². The van der Waals surface area contributed by atoms with E-state index in [1.165, 1.54) is 41.5 Å². The Balaban J connectivity index is 1.26. The predicted octanol–water partition coefficient (Wildman–Crippen LogP) is 4.53. The lowest BCUT2D eigenvalue weighted by Crippen LogP contribution is -2.44. The maximum absolute atomic E-state index is 6.20. The molecule has 0 unspecified atom stereocenters. The first-order valence-corrected chi connectivity index (χ1v) is 12.4. The summed E-state index contributed by atoms with van der Waals surface area (Å²) in [6, 6.07) is 8.61. The van der Waals surface area contributed by atoms with Gasteiger partial charge in [0.2, 0.25) is 0 Å². The van der Waals surface area contributed by atoms with Crippen molar-refractivity contribution < 1.29 is 4.74 Å². The molecule has 0 spiro atoms. The van der Waals surface area contributed by atoms with Gasteiger partial charge < -0.3 is 19.9 Å². The summed E-state index contributed by atoms with van der Waals surface area (Å²) in [5.74, 6) is 3.97. The number of aromatic nitrogens is 2. The molecule has 1 saturated carbocycles. The molecule has 2 aromatic rings. The Morgan fingerprint density at radius 3 is 2.68 bits per heavy atom. The molecule has 1 N–H and O–H groups in total. The zero-order valence-electron chi connectivity index (χ0n) is 20.0. The Hall–Kier alpha value is -3.19. The number of piperazine rings is 1. The van der Waals surface area contributed by atoms with Gasteiger partial charge in [-0.3, -0.25) is 4.99 Å². The molecule has 4 aliphatic rings. The van der Waals surface area contributed by atoms with E-state index in [-0.39, 0.29) is 0 Å². The van der Waals surface area contributed by atoms with E-state index in [1.54, 1.807) is 0 Å². The molecule has 1 saturated heterocycles. The molecule has 1 aromatic carbocycles. The third-order valence-electron chi connectivity index (χ3n) is 7.36. The van der Waals surface area contributed by atoms with Crippen LogP contribution in [0.25, 0.3) is 6.08 Å². The second-order valence-electron chi connectivity index (χ2n) is 9.99. The van der Waals surface area contributed by atoms with Gasteiger partial charge in [-0.2, -0.15) is 9.97 Å². The molecular weight excluding hydrogens is 424 g/mol. The van der Waals surface area contributed by atoms with Gasteiger partial charge in [-0.1, -0.05) is 24.1 Å². The van der Waals surface area contributed by atoms with Gasteiger partial charge in [0.05, 0.1) is 6.54 Å². The highest BCUT2D eigenvalue weighted by Crippen LogP contribution is 2.35. The number of allylic oxidation sites excluding steroid dienone is 1. The van der Waals surface area contributed by atoms with E-state index in [4.69, 9.17) is 19.7 Å². The number of benzene rings is 1. The number of fused-ring (bicyclic) bond motifs is 1. The summed E-state index contributed by atoms with van der Waals surface area (Å²) < 4.78 is 6.20. The first-order valence-electron chi connectivity index (χ1n) is 12.4. The van der Waals surface area contributed by atoms with Crippen LogP contribution in [0, 0.1) is 5.92 Å². The summed E-state index contributed by atoms with van der Waals surface area (Å²) in [7, 11) is 2.16. The van der Waals surface area contributed by atoms with Gasteiger partial charge in [-0.05, 0) is 74.1 Å². The molecule has 0 atom stereocenters. The van der Waals surface area contributed by atoms with Crippen molar-refractivity contribution in [2.45, 2.75) is 32.6 Å². The molecule has 0 bridgehead atoms. The highest BCUT2D eigenvalue weighted by molar-refractivity contribution is 6.05. The van der Waals surface area contributed by atoms with Crippen molar-refractivity contribution in [1.82, 2.24) is 14.9 Å². The molecule has 7 heteroatoms. The molecule has 2 aliphatic heterocycles. The van der Waals surface area contributed by atoms with Gasteiger partial charge in [0.1, 0.15) is 23.2 Å². The van der Waals surface area contributed by atoms with Crippen molar-refractivity contribution in [2.24, 2.45) is 10.9 Å². The van der Waals surface area contributed by atoms with Crippen molar-refractivity contribution in [2.75, 3.05) is 50.0 Å². The molecule has 0 amide bonds. The third-order valence-corrected chi connectivity index (χ3v) is 7.36. The van der Waals surface area contributed by atoms with E-state index in [2.05, 4.69) is 53.4 Å². The molecule has 6 rings (SSSR count). The van der Waals surface area contributed by atoms with Crippen LogP contribution in [0.15, 0.2) is 46.5 Å². The van der Waals surface area contributed by atoms with Crippen LogP contribution in [0.4, 0.5) is 11.6 Å². The van der Waals surface area contributed by atoms with Crippen LogP contribution in [-0.2, 0) is 6.42 Å². The normalized spacial score (nSPS) is 20.4. The SMILES string of the molecule is CC1=Cc2cc(Oc3nc(NC4=NCC(C5CCC5)=C4)cc(N4CCN(C)CC4)n3)ccc2C1. The summed E-state index contributed by atoms with van der Waals surface area (Å²) >= 11 is 0. The maximum atomic E-state index is 6.20. The Morgan fingerprint density at radius 2 is 1.88 bits per heavy atom. The molecule has 0 radical (unpaired) electrons. The Labute approximate surface area is 201 Å². The number of rotatable bonds is 5. The zero-order chi connectivity index (χ0) is 23.1. The lowest BCUT2D eigenvalue weighted by Gasteiger charge is -2.33. The van der Waals surface area contributed by atoms with E-state index >= 15 is 0 Å². The molecular formula is C27H32N6O. The van der Waals surface area contributed by atoms with E-state index in [0.717, 1.165) is 62.4 Å². The summed E-state index contributed by atoms with van der Waals surface area (Å²) in [5.41, 5.74) is 5.38. The van der Waals surface area contributed by atoms with Crippen molar-refractivity contribution in [3.8, 4) is 11.8 Å². The van der Waals surface area contributed by atoms with Crippen LogP contribution < -0.4 is 15.0 Å². The monoisotopic (exact) mass is 456 g/mol. The fraction of sp³-hybridized carbons (Fsp3) is 0.444. The fourth-order valence-corrected chi connectivity index (χ4v) is 5.05. The van der Waals surface area contributed by atoms with Crippen molar-refractivity contribution in [3.63, 3.8) is 0 Å². The molecule has 2 fully saturated rings. The van der Waals surface area contributed by atoms with Crippen LogP contribution in [0.5, 0.6) is 11.8 Å². The average molecular weight is 457 g/mol.